The predicted octanol–water partition coefficient (Wildman–Crippen LogP) is 3.89. The molecule has 0 aliphatic carbocycles. The number of anilines is 1. The molecule has 0 N–H and O–H groups in total. The first-order chi connectivity index (χ1) is 8.77. The first-order valence-electron chi connectivity index (χ1n) is 5.86. The van der Waals surface area contributed by atoms with Gasteiger partial charge in [0.05, 0.1) is 10.6 Å². The third-order valence-electron chi connectivity index (χ3n) is 3.00. The van der Waals surface area contributed by atoms with E-state index in [2.05, 4.69) is 13.0 Å². The molecule has 1 atom stereocenters. The number of carbonyl (C=O) groups excluding carboxylic acids is 1. The van der Waals surface area contributed by atoms with Crippen molar-refractivity contribution >= 4 is 34.7 Å². The van der Waals surface area contributed by atoms with E-state index in [9.17, 15) is 4.79 Å². The molecule has 1 aliphatic rings. The Kier molecular flexibility index (Phi) is 3.14. The highest BCUT2D eigenvalue weighted by Gasteiger charge is 2.29. The molecular weight excluding hydrogens is 262 g/mol. The van der Waals surface area contributed by atoms with Crippen LogP contribution in [0, 0.1) is 0 Å². The van der Waals surface area contributed by atoms with Crippen molar-refractivity contribution in [3.8, 4) is 0 Å². The highest BCUT2D eigenvalue weighted by molar-refractivity contribution is 7.99. The van der Waals surface area contributed by atoms with Gasteiger partial charge in [-0.15, -0.1) is 23.1 Å². The molecule has 2 heterocycles. The third-order valence-corrected chi connectivity index (χ3v) is 5.16. The Bertz CT molecular complexity index is 565. The lowest BCUT2D eigenvalue weighted by molar-refractivity contribution is 0.0983. The van der Waals surface area contributed by atoms with Crippen LogP contribution in [0.4, 0.5) is 5.69 Å². The van der Waals surface area contributed by atoms with E-state index in [1.54, 1.807) is 0 Å². The molecule has 0 radical (unpaired) electrons. The molecule has 1 aromatic carbocycles. The third kappa shape index (κ3) is 1.95. The fourth-order valence-corrected chi connectivity index (χ4v) is 3.85. The molecule has 1 aromatic heterocycles. The number of benzene rings is 1. The maximum atomic E-state index is 12.6. The summed E-state index contributed by atoms with van der Waals surface area (Å²) < 4.78 is 0. The number of rotatable bonds is 1. The SMILES string of the molecule is CC1CSc2ccccc2N1C(=O)c1cccs1. The van der Waals surface area contributed by atoms with Gasteiger partial charge in [-0.05, 0) is 30.5 Å². The number of nitrogens with zero attached hydrogens (tertiary/aromatic N) is 1. The number of carbonyl (C=O) groups is 1. The molecule has 1 aliphatic heterocycles. The highest BCUT2D eigenvalue weighted by atomic mass is 32.2. The van der Waals surface area contributed by atoms with Crippen molar-refractivity contribution in [2.45, 2.75) is 17.9 Å². The highest BCUT2D eigenvalue weighted by Crippen LogP contribution is 2.38. The largest absolute Gasteiger partial charge is 0.303 e. The van der Waals surface area contributed by atoms with Crippen molar-refractivity contribution in [3.63, 3.8) is 0 Å². The number of thiophene rings is 1. The molecular formula is C14H13NOS2. The molecule has 1 unspecified atom stereocenters. The van der Waals surface area contributed by atoms with Crippen molar-refractivity contribution in [2.75, 3.05) is 10.7 Å². The summed E-state index contributed by atoms with van der Waals surface area (Å²) in [7, 11) is 0. The molecule has 1 amide bonds. The van der Waals surface area contributed by atoms with Crippen LogP contribution in [0.5, 0.6) is 0 Å². The van der Waals surface area contributed by atoms with Gasteiger partial charge in [0.1, 0.15) is 0 Å². The van der Waals surface area contributed by atoms with Crippen molar-refractivity contribution < 1.29 is 4.79 Å². The number of fused-ring (bicyclic) bond motifs is 1. The van der Waals surface area contributed by atoms with Crippen molar-refractivity contribution in [1.82, 2.24) is 0 Å². The van der Waals surface area contributed by atoms with Crippen LogP contribution in [0.25, 0.3) is 0 Å². The van der Waals surface area contributed by atoms with Gasteiger partial charge in [0.15, 0.2) is 0 Å². The standard InChI is InChI=1S/C14H13NOS2/c1-10-9-18-12-6-3-2-5-11(12)15(10)14(16)13-7-4-8-17-13/h2-8,10H,9H2,1H3. The number of hydrogen-bond acceptors (Lipinski definition) is 3. The van der Waals surface area contributed by atoms with Crippen LogP contribution in [0.15, 0.2) is 46.7 Å². The van der Waals surface area contributed by atoms with Crippen LogP contribution in [-0.2, 0) is 0 Å². The topological polar surface area (TPSA) is 20.3 Å². The second kappa shape index (κ2) is 4.78. The summed E-state index contributed by atoms with van der Waals surface area (Å²) in [6.45, 7) is 2.11. The van der Waals surface area contributed by atoms with E-state index in [0.29, 0.717) is 0 Å². The normalized spacial score (nSPS) is 18.5. The second-order valence-electron chi connectivity index (χ2n) is 4.28. The van der Waals surface area contributed by atoms with E-state index in [1.807, 2.05) is 52.4 Å². The van der Waals surface area contributed by atoms with E-state index in [-0.39, 0.29) is 11.9 Å². The average Bonchev–Trinajstić information content (AvgIpc) is 2.92. The van der Waals surface area contributed by atoms with Crippen LogP contribution in [0.3, 0.4) is 0 Å². The van der Waals surface area contributed by atoms with Gasteiger partial charge in [0.25, 0.3) is 5.91 Å². The predicted molar refractivity (Wildman–Crippen MR) is 77.8 cm³/mol. The molecule has 2 nitrogen and oxygen atoms in total. The first-order valence-corrected chi connectivity index (χ1v) is 7.73. The molecule has 4 heteroatoms. The van der Waals surface area contributed by atoms with Gasteiger partial charge in [-0.3, -0.25) is 4.79 Å². The summed E-state index contributed by atoms with van der Waals surface area (Å²) in [4.78, 5) is 16.5. The zero-order valence-electron chi connectivity index (χ0n) is 10.00. The number of amides is 1. The van der Waals surface area contributed by atoms with Gasteiger partial charge in [-0.2, -0.15) is 0 Å². The molecule has 0 spiro atoms. The monoisotopic (exact) mass is 275 g/mol. The summed E-state index contributed by atoms with van der Waals surface area (Å²) in [6.07, 6.45) is 0. The second-order valence-corrected chi connectivity index (χ2v) is 6.29. The maximum Gasteiger partial charge on any atom is 0.268 e. The summed E-state index contributed by atoms with van der Waals surface area (Å²) in [5.41, 5.74) is 1.04. The van der Waals surface area contributed by atoms with Crippen molar-refractivity contribution in [3.05, 3.63) is 46.7 Å². The Labute approximate surface area is 115 Å². The van der Waals surface area contributed by atoms with Gasteiger partial charge in [-0.1, -0.05) is 18.2 Å². The molecule has 2 aromatic rings. The van der Waals surface area contributed by atoms with Crippen LogP contribution in [0.2, 0.25) is 0 Å². The lowest BCUT2D eigenvalue weighted by Gasteiger charge is -2.34. The van der Waals surface area contributed by atoms with E-state index in [0.717, 1.165) is 16.3 Å². The molecule has 18 heavy (non-hydrogen) atoms. The van der Waals surface area contributed by atoms with Crippen LogP contribution < -0.4 is 4.90 Å². The molecule has 92 valence electrons. The van der Waals surface area contributed by atoms with Gasteiger partial charge >= 0.3 is 0 Å². The summed E-state index contributed by atoms with van der Waals surface area (Å²) in [6, 6.07) is 12.2. The minimum atomic E-state index is 0.116. The zero-order chi connectivity index (χ0) is 12.5. The molecule has 0 fully saturated rings. The lowest BCUT2D eigenvalue weighted by Crippen LogP contribution is -2.42. The molecule has 0 bridgehead atoms. The molecule has 3 rings (SSSR count). The van der Waals surface area contributed by atoms with Gasteiger partial charge < -0.3 is 4.90 Å². The fraction of sp³-hybridized carbons (Fsp3) is 0.214. The summed E-state index contributed by atoms with van der Waals surface area (Å²) >= 11 is 3.33. The number of hydrogen-bond donors (Lipinski definition) is 0. The van der Waals surface area contributed by atoms with E-state index >= 15 is 0 Å². The average molecular weight is 275 g/mol. The zero-order valence-corrected chi connectivity index (χ0v) is 11.6. The maximum absolute atomic E-state index is 12.6. The Morgan fingerprint density at radius 3 is 2.89 bits per heavy atom. The minimum absolute atomic E-state index is 0.116. The Morgan fingerprint density at radius 2 is 2.11 bits per heavy atom. The number of thioether (sulfide) groups is 1. The first kappa shape index (κ1) is 11.8. The quantitative estimate of drug-likeness (QED) is 0.787. The Morgan fingerprint density at radius 1 is 1.28 bits per heavy atom. The Balaban J connectivity index is 2.03. The summed E-state index contributed by atoms with van der Waals surface area (Å²) in [5.74, 6) is 1.07. The van der Waals surface area contributed by atoms with Crippen LogP contribution >= 0.6 is 23.1 Å². The Hall–Kier alpha value is -1.26. The smallest absolute Gasteiger partial charge is 0.268 e. The van der Waals surface area contributed by atoms with Gasteiger partial charge in [0.2, 0.25) is 0 Å². The van der Waals surface area contributed by atoms with Crippen molar-refractivity contribution in [2.24, 2.45) is 0 Å². The van der Waals surface area contributed by atoms with E-state index in [1.165, 1.54) is 16.2 Å². The fourth-order valence-electron chi connectivity index (χ4n) is 2.13. The molecule has 0 saturated heterocycles. The van der Waals surface area contributed by atoms with Gasteiger partial charge in [0, 0.05) is 16.7 Å². The summed E-state index contributed by atoms with van der Waals surface area (Å²) in [5, 5.41) is 1.95. The minimum Gasteiger partial charge on any atom is -0.303 e. The number of para-hydroxylation sites is 1. The van der Waals surface area contributed by atoms with Gasteiger partial charge in [-0.25, -0.2) is 0 Å². The van der Waals surface area contributed by atoms with Crippen LogP contribution in [-0.4, -0.2) is 17.7 Å². The van der Waals surface area contributed by atoms with Crippen molar-refractivity contribution in [1.29, 1.82) is 0 Å². The van der Waals surface area contributed by atoms with E-state index in [4.69, 9.17) is 0 Å². The molecule has 0 saturated carbocycles. The lowest BCUT2D eigenvalue weighted by atomic mass is 10.2. The van der Waals surface area contributed by atoms with E-state index < -0.39 is 0 Å². The van der Waals surface area contributed by atoms with Crippen LogP contribution in [0.1, 0.15) is 16.6 Å².